The van der Waals surface area contributed by atoms with Gasteiger partial charge < -0.3 is 4.90 Å². The molecule has 2 aromatic rings. The Balaban J connectivity index is 2.20. The molecule has 1 aromatic carbocycles. The molecule has 1 atom stereocenters. The molecule has 0 saturated heterocycles. The van der Waals surface area contributed by atoms with Gasteiger partial charge in [-0.15, -0.1) is 0 Å². The number of hydrogen-bond donors (Lipinski definition) is 0. The zero-order valence-corrected chi connectivity index (χ0v) is 13.7. The number of amides is 1. The quantitative estimate of drug-likeness (QED) is 0.627. The molecule has 0 spiro atoms. The van der Waals surface area contributed by atoms with Crippen molar-refractivity contribution in [2.45, 2.75) is 30.5 Å². The summed E-state index contributed by atoms with van der Waals surface area (Å²) < 4.78 is 0. The van der Waals surface area contributed by atoms with Crippen LogP contribution in [-0.4, -0.2) is 39.6 Å². The standard InChI is InChI=1S/C16H18N4OS/c1-11(16(21)20(3)10-6-9-17)22-15-13-7-4-5-8-14(13)18-12(2)19-15/h4-5,7-8,11H,6,10H2,1-3H3/t11-/m1/s1. The van der Waals surface area contributed by atoms with Crippen LogP contribution in [0.25, 0.3) is 10.9 Å². The van der Waals surface area contributed by atoms with E-state index in [2.05, 4.69) is 16.0 Å². The molecule has 0 radical (unpaired) electrons. The normalized spacial score (nSPS) is 11.9. The van der Waals surface area contributed by atoms with Gasteiger partial charge >= 0.3 is 0 Å². The Morgan fingerprint density at radius 3 is 2.86 bits per heavy atom. The zero-order chi connectivity index (χ0) is 16.1. The molecular formula is C16H18N4OS. The van der Waals surface area contributed by atoms with E-state index >= 15 is 0 Å². The number of para-hydroxylation sites is 1. The summed E-state index contributed by atoms with van der Waals surface area (Å²) in [5.74, 6) is 0.694. The SMILES string of the molecule is Cc1nc(S[C@H](C)C(=O)N(C)CCC#N)c2ccccc2n1. The highest BCUT2D eigenvalue weighted by molar-refractivity contribution is 8.00. The van der Waals surface area contributed by atoms with Crippen LogP contribution in [0.3, 0.4) is 0 Å². The average molecular weight is 314 g/mol. The lowest BCUT2D eigenvalue weighted by atomic mass is 10.2. The van der Waals surface area contributed by atoms with Gasteiger partial charge in [0.05, 0.1) is 23.3 Å². The number of nitriles is 1. The van der Waals surface area contributed by atoms with Crippen molar-refractivity contribution in [2.24, 2.45) is 0 Å². The van der Waals surface area contributed by atoms with E-state index < -0.39 is 0 Å². The van der Waals surface area contributed by atoms with Gasteiger partial charge in [0, 0.05) is 19.0 Å². The third-order valence-corrected chi connectivity index (χ3v) is 4.34. The van der Waals surface area contributed by atoms with Crippen molar-refractivity contribution in [3.05, 3.63) is 30.1 Å². The van der Waals surface area contributed by atoms with E-state index in [4.69, 9.17) is 5.26 Å². The first kappa shape index (κ1) is 16.2. The molecule has 0 aliphatic heterocycles. The van der Waals surface area contributed by atoms with Crippen molar-refractivity contribution in [3.63, 3.8) is 0 Å². The van der Waals surface area contributed by atoms with Gasteiger partial charge in [0.15, 0.2) is 0 Å². The van der Waals surface area contributed by atoms with Crippen LogP contribution in [0.5, 0.6) is 0 Å². The first-order valence-electron chi connectivity index (χ1n) is 7.05. The van der Waals surface area contributed by atoms with E-state index in [1.54, 1.807) is 11.9 Å². The molecule has 114 valence electrons. The number of carbonyl (C=O) groups is 1. The summed E-state index contributed by atoms with van der Waals surface area (Å²) in [5, 5.41) is 10.1. The van der Waals surface area contributed by atoms with Crippen molar-refractivity contribution in [3.8, 4) is 6.07 Å². The second-order valence-electron chi connectivity index (χ2n) is 5.02. The van der Waals surface area contributed by atoms with Crippen molar-refractivity contribution < 1.29 is 4.79 Å². The van der Waals surface area contributed by atoms with Gasteiger partial charge in [-0.2, -0.15) is 5.26 Å². The Morgan fingerprint density at radius 2 is 2.14 bits per heavy atom. The van der Waals surface area contributed by atoms with Crippen LogP contribution in [0.4, 0.5) is 0 Å². The number of hydrogen-bond acceptors (Lipinski definition) is 5. The van der Waals surface area contributed by atoms with Gasteiger partial charge in [-0.3, -0.25) is 4.79 Å². The minimum absolute atomic E-state index is 0.000552. The van der Waals surface area contributed by atoms with Crippen LogP contribution in [0.15, 0.2) is 29.3 Å². The van der Waals surface area contributed by atoms with Crippen molar-refractivity contribution >= 4 is 28.6 Å². The van der Waals surface area contributed by atoms with Crippen LogP contribution in [0, 0.1) is 18.3 Å². The lowest BCUT2D eigenvalue weighted by Crippen LogP contribution is -2.33. The summed E-state index contributed by atoms with van der Waals surface area (Å²) in [6.07, 6.45) is 0.342. The maximum absolute atomic E-state index is 12.3. The summed E-state index contributed by atoms with van der Waals surface area (Å²) in [7, 11) is 1.72. The summed E-state index contributed by atoms with van der Waals surface area (Å²) in [5.41, 5.74) is 0.884. The highest BCUT2D eigenvalue weighted by Gasteiger charge is 2.20. The number of fused-ring (bicyclic) bond motifs is 1. The smallest absolute Gasteiger partial charge is 0.235 e. The third kappa shape index (κ3) is 3.74. The van der Waals surface area contributed by atoms with E-state index in [0.717, 1.165) is 15.9 Å². The van der Waals surface area contributed by atoms with Crippen LogP contribution in [-0.2, 0) is 4.79 Å². The second-order valence-corrected chi connectivity index (χ2v) is 6.35. The van der Waals surface area contributed by atoms with E-state index in [-0.39, 0.29) is 11.2 Å². The Kier molecular flexibility index (Phi) is 5.34. The minimum atomic E-state index is -0.263. The molecule has 1 aromatic heterocycles. The highest BCUT2D eigenvalue weighted by Crippen LogP contribution is 2.29. The van der Waals surface area contributed by atoms with Crippen LogP contribution < -0.4 is 0 Å². The number of benzene rings is 1. The first-order valence-corrected chi connectivity index (χ1v) is 7.93. The molecule has 0 bridgehead atoms. The predicted molar refractivity (Wildman–Crippen MR) is 87.5 cm³/mol. The molecule has 6 heteroatoms. The molecule has 0 unspecified atom stereocenters. The van der Waals surface area contributed by atoms with Crippen LogP contribution >= 0.6 is 11.8 Å². The molecular weight excluding hydrogens is 296 g/mol. The number of carbonyl (C=O) groups excluding carboxylic acids is 1. The van der Waals surface area contributed by atoms with Crippen molar-refractivity contribution in [1.82, 2.24) is 14.9 Å². The maximum Gasteiger partial charge on any atom is 0.235 e. The fourth-order valence-corrected chi connectivity index (χ4v) is 3.20. The van der Waals surface area contributed by atoms with E-state index in [0.29, 0.717) is 18.8 Å². The molecule has 1 amide bonds. The number of rotatable bonds is 5. The molecule has 0 fully saturated rings. The zero-order valence-electron chi connectivity index (χ0n) is 12.9. The van der Waals surface area contributed by atoms with E-state index in [1.165, 1.54) is 11.8 Å². The molecule has 2 rings (SSSR count). The van der Waals surface area contributed by atoms with Crippen LogP contribution in [0.1, 0.15) is 19.2 Å². The fraction of sp³-hybridized carbons (Fsp3) is 0.375. The summed E-state index contributed by atoms with van der Waals surface area (Å²) in [6.45, 7) is 4.16. The average Bonchev–Trinajstić information content (AvgIpc) is 2.51. The van der Waals surface area contributed by atoms with Gasteiger partial charge in [-0.1, -0.05) is 30.0 Å². The van der Waals surface area contributed by atoms with Gasteiger partial charge in [-0.05, 0) is 19.9 Å². The van der Waals surface area contributed by atoms with Crippen molar-refractivity contribution in [1.29, 1.82) is 5.26 Å². The number of aryl methyl sites for hydroxylation is 1. The summed E-state index contributed by atoms with van der Waals surface area (Å²) in [4.78, 5) is 22.8. The molecule has 1 heterocycles. The minimum Gasteiger partial charge on any atom is -0.344 e. The van der Waals surface area contributed by atoms with E-state index in [9.17, 15) is 4.79 Å². The Morgan fingerprint density at radius 1 is 1.41 bits per heavy atom. The molecule has 0 N–H and O–H groups in total. The predicted octanol–water partition coefficient (Wildman–Crippen LogP) is 2.79. The molecule has 0 saturated carbocycles. The van der Waals surface area contributed by atoms with Gasteiger partial charge in [0.1, 0.15) is 10.9 Å². The van der Waals surface area contributed by atoms with E-state index in [1.807, 2.05) is 38.1 Å². The Labute approximate surface area is 134 Å². The Hall–Kier alpha value is -2.13. The van der Waals surface area contributed by atoms with Gasteiger partial charge in [0.25, 0.3) is 0 Å². The topological polar surface area (TPSA) is 69.9 Å². The lowest BCUT2D eigenvalue weighted by molar-refractivity contribution is -0.128. The maximum atomic E-state index is 12.3. The highest BCUT2D eigenvalue weighted by atomic mass is 32.2. The molecule has 22 heavy (non-hydrogen) atoms. The second kappa shape index (κ2) is 7.23. The number of thioether (sulfide) groups is 1. The molecule has 0 aliphatic carbocycles. The summed E-state index contributed by atoms with van der Waals surface area (Å²) >= 11 is 1.43. The molecule has 0 aliphatic rings. The van der Waals surface area contributed by atoms with Crippen LogP contribution in [0.2, 0.25) is 0 Å². The monoisotopic (exact) mass is 314 g/mol. The summed E-state index contributed by atoms with van der Waals surface area (Å²) in [6, 6.07) is 9.84. The largest absolute Gasteiger partial charge is 0.344 e. The Bertz CT molecular complexity index is 726. The molecule has 5 nitrogen and oxygen atoms in total. The van der Waals surface area contributed by atoms with Crippen molar-refractivity contribution in [2.75, 3.05) is 13.6 Å². The third-order valence-electron chi connectivity index (χ3n) is 3.25. The van der Waals surface area contributed by atoms with Gasteiger partial charge in [-0.25, -0.2) is 9.97 Å². The number of nitrogens with zero attached hydrogens (tertiary/aromatic N) is 4. The number of aromatic nitrogens is 2. The van der Waals surface area contributed by atoms with Gasteiger partial charge in [0.2, 0.25) is 5.91 Å². The lowest BCUT2D eigenvalue weighted by Gasteiger charge is -2.20. The first-order chi connectivity index (χ1) is 10.5. The fourth-order valence-electron chi connectivity index (χ4n) is 2.10.